The maximum absolute atomic E-state index is 10.9. The van der Waals surface area contributed by atoms with Gasteiger partial charge < -0.3 is 10.2 Å². The van der Waals surface area contributed by atoms with Crippen molar-refractivity contribution >= 4 is 5.97 Å². The van der Waals surface area contributed by atoms with Crippen molar-refractivity contribution in [2.75, 3.05) is 19.7 Å². The second-order valence-corrected chi connectivity index (χ2v) is 3.53. The number of carbonyl (C=O) groups is 1. The fourth-order valence-corrected chi connectivity index (χ4v) is 1.53. The molecule has 0 spiro atoms. The molecule has 0 saturated heterocycles. The Labute approximate surface area is 94.1 Å². The third kappa shape index (κ3) is 2.80. The number of carboxylic acids is 1. The molecule has 0 unspecified atom stereocenters. The van der Waals surface area contributed by atoms with Crippen LogP contribution in [-0.2, 0) is 13.6 Å². The first-order valence-electron chi connectivity index (χ1n) is 5.17. The quantitative estimate of drug-likeness (QED) is 0.711. The van der Waals surface area contributed by atoms with E-state index in [1.165, 1.54) is 6.20 Å². The molecule has 6 heteroatoms. The number of aryl methyl sites for hydroxylation is 1. The summed E-state index contributed by atoms with van der Waals surface area (Å²) in [5.41, 5.74) is 0.877. The summed E-state index contributed by atoms with van der Waals surface area (Å²) < 4.78 is 1.56. The van der Waals surface area contributed by atoms with Gasteiger partial charge in [-0.25, -0.2) is 4.79 Å². The van der Waals surface area contributed by atoms with Crippen molar-refractivity contribution in [1.29, 1.82) is 0 Å². The predicted octanol–water partition coefficient (Wildman–Crippen LogP) is -0.0675. The number of aromatic nitrogens is 2. The van der Waals surface area contributed by atoms with Crippen molar-refractivity contribution in [3.8, 4) is 0 Å². The number of hydrogen-bond acceptors (Lipinski definition) is 4. The van der Waals surface area contributed by atoms with Crippen LogP contribution in [-0.4, -0.2) is 50.6 Å². The van der Waals surface area contributed by atoms with Gasteiger partial charge in [0, 0.05) is 20.1 Å². The van der Waals surface area contributed by atoms with Gasteiger partial charge in [-0.3, -0.25) is 9.58 Å². The summed E-state index contributed by atoms with van der Waals surface area (Å²) in [7, 11) is 1.72. The molecule has 1 aromatic rings. The van der Waals surface area contributed by atoms with Gasteiger partial charge in [-0.1, -0.05) is 6.92 Å². The highest BCUT2D eigenvalue weighted by Crippen LogP contribution is 2.10. The Morgan fingerprint density at radius 2 is 2.31 bits per heavy atom. The lowest BCUT2D eigenvalue weighted by atomic mass is 10.2. The molecule has 0 fully saturated rings. The number of nitrogens with zero attached hydrogens (tertiary/aromatic N) is 3. The summed E-state index contributed by atoms with van der Waals surface area (Å²) in [5.74, 6) is -0.969. The van der Waals surface area contributed by atoms with Crippen LogP contribution in [0.3, 0.4) is 0 Å². The fraction of sp³-hybridized carbons (Fsp3) is 0.600. The number of aliphatic hydroxyl groups excluding tert-OH is 1. The van der Waals surface area contributed by atoms with E-state index in [0.717, 1.165) is 6.54 Å². The first-order valence-corrected chi connectivity index (χ1v) is 5.17. The predicted molar refractivity (Wildman–Crippen MR) is 58.2 cm³/mol. The van der Waals surface area contributed by atoms with E-state index in [2.05, 4.69) is 5.10 Å². The van der Waals surface area contributed by atoms with Crippen LogP contribution in [0.5, 0.6) is 0 Å². The molecular weight excluding hydrogens is 210 g/mol. The number of rotatable bonds is 6. The van der Waals surface area contributed by atoms with Gasteiger partial charge in [0.25, 0.3) is 0 Å². The largest absolute Gasteiger partial charge is 0.478 e. The fourth-order valence-electron chi connectivity index (χ4n) is 1.53. The summed E-state index contributed by atoms with van der Waals surface area (Å²) in [6.07, 6.45) is 1.35. The summed E-state index contributed by atoms with van der Waals surface area (Å²) in [5, 5.41) is 21.8. The SMILES string of the molecule is CCN(CCO)Cc1c(C(=O)O)cnn1C. The molecule has 90 valence electrons. The zero-order chi connectivity index (χ0) is 12.1. The Bertz CT molecular complexity index is 362. The average molecular weight is 227 g/mol. The molecular formula is C10H17N3O3. The second kappa shape index (κ2) is 5.62. The van der Waals surface area contributed by atoms with Gasteiger partial charge in [-0.2, -0.15) is 5.10 Å². The zero-order valence-electron chi connectivity index (χ0n) is 9.55. The van der Waals surface area contributed by atoms with E-state index in [4.69, 9.17) is 10.2 Å². The molecule has 6 nitrogen and oxygen atoms in total. The van der Waals surface area contributed by atoms with Crippen LogP contribution in [0.1, 0.15) is 23.0 Å². The van der Waals surface area contributed by atoms with Gasteiger partial charge in [0.1, 0.15) is 5.56 Å². The standard InChI is InChI=1S/C10H17N3O3/c1-3-13(4-5-14)7-9-8(10(15)16)6-11-12(9)2/h6,14H,3-5,7H2,1-2H3,(H,15,16). The molecule has 0 aromatic carbocycles. The smallest absolute Gasteiger partial charge is 0.339 e. The van der Waals surface area contributed by atoms with Crippen LogP contribution < -0.4 is 0 Å². The third-order valence-corrected chi connectivity index (χ3v) is 2.53. The summed E-state index contributed by atoms with van der Waals surface area (Å²) in [6.45, 7) is 3.79. The van der Waals surface area contributed by atoms with Crippen molar-refractivity contribution in [3.05, 3.63) is 17.5 Å². The minimum atomic E-state index is -0.969. The molecule has 1 rings (SSSR count). The zero-order valence-corrected chi connectivity index (χ0v) is 9.55. The lowest BCUT2D eigenvalue weighted by molar-refractivity contribution is 0.0694. The van der Waals surface area contributed by atoms with E-state index in [1.807, 2.05) is 11.8 Å². The molecule has 0 aliphatic carbocycles. The average Bonchev–Trinajstić information content (AvgIpc) is 2.60. The maximum atomic E-state index is 10.9. The number of carboxylic acid groups (broad SMARTS) is 1. The Balaban J connectivity index is 2.85. The molecule has 16 heavy (non-hydrogen) atoms. The van der Waals surface area contributed by atoms with Crippen LogP contribution >= 0.6 is 0 Å². The highest BCUT2D eigenvalue weighted by molar-refractivity contribution is 5.88. The third-order valence-electron chi connectivity index (χ3n) is 2.53. The first-order chi connectivity index (χ1) is 7.60. The van der Waals surface area contributed by atoms with Crippen molar-refractivity contribution in [2.24, 2.45) is 7.05 Å². The lowest BCUT2D eigenvalue weighted by Gasteiger charge is -2.19. The Hall–Kier alpha value is -1.40. The van der Waals surface area contributed by atoms with Gasteiger partial charge >= 0.3 is 5.97 Å². The number of aromatic carboxylic acids is 1. The monoisotopic (exact) mass is 227 g/mol. The molecule has 2 N–H and O–H groups in total. The van der Waals surface area contributed by atoms with Gasteiger partial charge in [-0.05, 0) is 6.54 Å². The topological polar surface area (TPSA) is 78.6 Å². The summed E-state index contributed by atoms with van der Waals surface area (Å²) >= 11 is 0. The number of aliphatic hydroxyl groups is 1. The van der Waals surface area contributed by atoms with E-state index in [0.29, 0.717) is 18.8 Å². The van der Waals surface area contributed by atoms with Crippen molar-refractivity contribution in [2.45, 2.75) is 13.5 Å². The lowest BCUT2D eigenvalue weighted by Crippen LogP contribution is -2.28. The highest BCUT2D eigenvalue weighted by atomic mass is 16.4. The van der Waals surface area contributed by atoms with Crippen LogP contribution in [0.4, 0.5) is 0 Å². The van der Waals surface area contributed by atoms with Gasteiger partial charge in [0.05, 0.1) is 18.5 Å². The van der Waals surface area contributed by atoms with E-state index in [1.54, 1.807) is 11.7 Å². The molecule has 0 bridgehead atoms. The van der Waals surface area contributed by atoms with Crippen LogP contribution in [0, 0.1) is 0 Å². The van der Waals surface area contributed by atoms with E-state index < -0.39 is 5.97 Å². The van der Waals surface area contributed by atoms with Crippen LogP contribution in [0.15, 0.2) is 6.20 Å². The Morgan fingerprint density at radius 3 is 2.81 bits per heavy atom. The number of hydrogen-bond donors (Lipinski definition) is 2. The number of likely N-dealkylation sites (N-methyl/N-ethyl adjacent to an activating group) is 1. The molecule has 0 aliphatic heterocycles. The second-order valence-electron chi connectivity index (χ2n) is 3.53. The van der Waals surface area contributed by atoms with Gasteiger partial charge in [-0.15, -0.1) is 0 Å². The van der Waals surface area contributed by atoms with Gasteiger partial charge in [0.2, 0.25) is 0 Å². The first kappa shape index (κ1) is 12.7. The van der Waals surface area contributed by atoms with Crippen molar-refractivity contribution in [3.63, 3.8) is 0 Å². The van der Waals surface area contributed by atoms with E-state index in [9.17, 15) is 4.79 Å². The minimum Gasteiger partial charge on any atom is -0.478 e. The van der Waals surface area contributed by atoms with Crippen LogP contribution in [0.2, 0.25) is 0 Å². The molecule has 0 saturated carbocycles. The van der Waals surface area contributed by atoms with E-state index >= 15 is 0 Å². The maximum Gasteiger partial charge on any atom is 0.339 e. The van der Waals surface area contributed by atoms with Crippen LogP contribution in [0.25, 0.3) is 0 Å². The normalized spacial score (nSPS) is 11.0. The molecule has 0 amide bonds. The summed E-state index contributed by atoms with van der Waals surface area (Å²) in [4.78, 5) is 12.9. The molecule has 0 aliphatic rings. The Morgan fingerprint density at radius 1 is 1.62 bits per heavy atom. The van der Waals surface area contributed by atoms with Gasteiger partial charge in [0.15, 0.2) is 0 Å². The molecule has 1 heterocycles. The van der Waals surface area contributed by atoms with Crippen molar-refractivity contribution < 1.29 is 15.0 Å². The molecule has 1 aromatic heterocycles. The minimum absolute atomic E-state index is 0.0636. The molecule has 0 atom stereocenters. The Kier molecular flexibility index (Phi) is 4.45. The van der Waals surface area contributed by atoms with E-state index in [-0.39, 0.29) is 12.2 Å². The highest BCUT2D eigenvalue weighted by Gasteiger charge is 2.16. The summed E-state index contributed by atoms with van der Waals surface area (Å²) in [6, 6.07) is 0. The molecule has 0 radical (unpaired) electrons. The van der Waals surface area contributed by atoms with Crippen molar-refractivity contribution in [1.82, 2.24) is 14.7 Å².